The molecule has 0 saturated carbocycles. The molecular formula is C20H24N2O3. The highest BCUT2D eigenvalue weighted by molar-refractivity contribution is 5.76. The Bertz CT molecular complexity index is 696. The number of amides is 1. The van der Waals surface area contributed by atoms with Gasteiger partial charge < -0.3 is 14.4 Å². The van der Waals surface area contributed by atoms with E-state index in [1.165, 1.54) is 0 Å². The summed E-state index contributed by atoms with van der Waals surface area (Å²) in [5.41, 5.74) is 2.13. The van der Waals surface area contributed by atoms with Crippen LogP contribution in [0.2, 0.25) is 0 Å². The summed E-state index contributed by atoms with van der Waals surface area (Å²) in [7, 11) is 3.31. The Morgan fingerprint density at radius 2 is 1.96 bits per heavy atom. The van der Waals surface area contributed by atoms with Crippen molar-refractivity contribution in [1.29, 1.82) is 0 Å². The number of benzene rings is 1. The summed E-state index contributed by atoms with van der Waals surface area (Å²) in [6.07, 6.45) is 3.92. The van der Waals surface area contributed by atoms with Gasteiger partial charge in [0.1, 0.15) is 11.5 Å². The zero-order chi connectivity index (χ0) is 17.6. The molecule has 5 heteroatoms. The first-order valence-electron chi connectivity index (χ1n) is 8.60. The van der Waals surface area contributed by atoms with Crippen molar-refractivity contribution in [3.63, 3.8) is 0 Å². The number of rotatable bonds is 6. The molecule has 2 aromatic rings. The van der Waals surface area contributed by atoms with Gasteiger partial charge in [0, 0.05) is 43.4 Å². The fraction of sp³-hybridized carbons (Fsp3) is 0.400. The average Bonchev–Trinajstić information content (AvgIpc) is 3.17. The Hall–Kier alpha value is -2.56. The Labute approximate surface area is 148 Å². The van der Waals surface area contributed by atoms with Gasteiger partial charge in [-0.2, -0.15) is 0 Å². The van der Waals surface area contributed by atoms with Crippen LogP contribution in [-0.4, -0.2) is 43.1 Å². The van der Waals surface area contributed by atoms with Crippen molar-refractivity contribution >= 4 is 5.91 Å². The van der Waals surface area contributed by atoms with Crippen LogP contribution >= 0.6 is 0 Å². The van der Waals surface area contributed by atoms with E-state index in [0.717, 1.165) is 42.3 Å². The van der Waals surface area contributed by atoms with E-state index in [0.29, 0.717) is 18.8 Å². The van der Waals surface area contributed by atoms with Gasteiger partial charge in [0.2, 0.25) is 5.91 Å². The average molecular weight is 340 g/mol. The van der Waals surface area contributed by atoms with Gasteiger partial charge >= 0.3 is 0 Å². The molecule has 1 aromatic carbocycles. The summed E-state index contributed by atoms with van der Waals surface area (Å²) in [6, 6.07) is 11.7. The topological polar surface area (TPSA) is 51.7 Å². The van der Waals surface area contributed by atoms with Crippen molar-refractivity contribution < 1.29 is 14.3 Å². The molecule has 1 aliphatic heterocycles. The summed E-state index contributed by atoms with van der Waals surface area (Å²) in [5.74, 6) is 2.09. The monoisotopic (exact) mass is 340 g/mol. The summed E-state index contributed by atoms with van der Waals surface area (Å²) in [4.78, 5) is 18.7. The molecule has 0 radical (unpaired) electrons. The summed E-state index contributed by atoms with van der Waals surface area (Å²) in [5, 5.41) is 0. The van der Waals surface area contributed by atoms with Gasteiger partial charge in [-0.05, 0) is 42.7 Å². The molecular weight excluding hydrogens is 316 g/mol. The van der Waals surface area contributed by atoms with Gasteiger partial charge in [0.25, 0.3) is 0 Å². The molecule has 1 fully saturated rings. The normalized spacial score (nSPS) is 16.7. The third-order valence-electron chi connectivity index (χ3n) is 4.71. The lowest BCUT2D eigenvalue weighted by Crippen LogP contribution is -2.28. The Balaban J connectivity index is 1.60. The minimum Gasteiger partial charge on any atom is -0.497 e. The fourth-order valence-electron chi connectivity index (χ4n) is 3.26. The molecule has 1 amide bonds. The number of pyridine rings is 1. The first-order valence-corrected chi connectivity index (χ1v) is 8.60. The lowest BCUT2D eigenvalue weighted by atomic mass is 9.98. The first-order chi connectivity index (χ1) is 12.2. The number of nitrogens with zero attached hydrogens (tertiary/aromatic N) is 2. The highest BCUT2D eigenvalue weighted by atomic mass is 16.5. The van der Waals surface area contributed by atoms with Crippen LogP contribution in [0.3, 0.4) is 0 Å². The van der Waals surface area contributed by atoms with E-state index in [9.17, 15) is 4.79 Å². The number of aromatic nitrogens is 1. The second-order valence-corrected chi connectivity index (χ2v) is 6.29. The molecule has 2 heterocycles. The van der Waals surface area contributed by atoms with Gasteiger partial charge in [-0.25, -0.2) is 0 Å². The van der Waals surface area contributed by atoms with Crippen molar-refractivity contribution in [3.05, 3.63) is 53.9 Å². The van der Waals surface area contributed by atoms with Crippen LogP contribution in [0.5, 0.6) is 11.5 Å². The smallest absolute Gasteiger partial charge is 0.222 e. The van der Waals surface area contributed by atoms with E-state index in [2.05, 4.69) is 4.98 Å². The quantitative estimate of drug-likeness (QED) is 0.811. The lowest BCUT2D eigenvalue weighted by Gasteiger charge is -2.17. The van der Waals surface area contributed by atoms with Crippen LogP contribution in [0.1, 0.15) is 30.0 Å². The molecule has 132 valence electrons. The predicted molar refractivity (Wildman–Crippen MR) is 96.0 cm³/mol. The van der Waals surface area contributed by atoms with Gasteiger partial charge in [0.05, 0.1) is 14.2 Å². The Morgan fingerprint density at radius 1 is 1.20 bits per heavy atom. The molecule has 5 nitrogen and oxygen atoms in total. The summed E-state index contributed by atoms with van der Waals surface area (Å²) < 4.78 is 10.7. The molecule has 3 rings (SSSR count). The number of carbonyl (C=O) groups is 1. The van der Waals surface area contributed by atoms with Crippen molar-refractivity contribution in [2.45, 2.75) is 25.2 Å². The van der Waals surface area contributed by atoms with Crippen molar-refractivity contribution in [1.82, 2.24) is 9.88 Å². The molecule has 0 spiro atoms. The predicted octanol–water partition coefficient (Wildman–Crippen LogP) is 3.05. The first kappa shape index (κ1) is 17.3. The molecule has 1 aliphatic rings. The van der Waals surface area contributed by atoms with Crippen molar-refractivity contribution in [3.8, 4) is 11.5 Å². The molecule has 1 atom stereocenters. The maximum Gasteiger partial charge on any atom is 0.222 e. The largest absolute Gasteiger partial charge is 0.497 e. The van der Waals surface area contributed by atoms with E-state index >= 15 is 0 Å². The summed E-state index contributed by atoms with van der Waals surface area (Å²) in [6.45, 7) is 1.54. The molecule has 25 heavy (non-hydrogen) atoms. The zero-order valence-corrected chi connectivity index (χ0v) is 14.8. The molecule has 1 saturated heterocycles. The summed E-state index contributed by atoms with van der Waals surface area (Å²) >= 11 is 0. The van der Waals surface area contributed by atoms with Crippen LogP contribution in [0.4, 0.5) is 0 Å². The zero-order valence-electron chi connectivity index (χ0n) is 14.8. The van der Waals surface area contributed by atoms with E-state index in [1.807, 2.05) is 41.3 Å². The second kappa shape index (κ2) is 8.01. The van der Waals surface area contributed by atoms with Crippen LogP contribution in [0, 0.1) is 0 Å². The van der Waals surface area contributed by atoms with Gasteiger partial charge in [-0.1, -0.05) is 6.07 Å². The maximum atomic E-state index is 12.5. The number of ether oxygens (including phenoxy) is 2. The van der Waals surface area contributed by atoms with Crippen molar-refractivity contribution in [2.24, 2.45) is 0 Å². The second-order valence-electron chi connectivity index (χ2n) is 6.29. The Kier molecular flexibility index (Phi) is 5.53. The number of hydrogen-bond donors (Lipinski definition) is 0. The van der Waals surface area contributed by atoms with Crippen LogP contribution in [-0.2, 0) is 11.2 Å². The van der Waals surface area contributed by atoms with E-state index < -0.39 is 0 Å². The highest BCUT2D eigenvalue weighted by Gasteiger charge is 2.27. The maximum absolute atomic E-state index is 12.5. The number of methoxy groups -OCH3 is 2. The molecule has 0 unspecified atom stereocenters. The SMILES string of the molecule is COc1cc(OC)cc([C@H]2CCN(C(=O)CCc3ccccn3)C2)c1. The standard InChI is InChI=1S/C20H24N2O3/c1-24-18-11-16(12-19(13-18)25-2)15-8-10-22(14-15)20(23)7-6-17-5-3-4-9-21-17/h3-5,9,11-13,15H,6-8,10,14H2,1-2H3/t15-/m0/s1. The highest BCUT2D eigenvalue weighted by Crippen LogP contribution is 2.33. The van der Waals surface area contributed by atoms with Crippen molar-refractivity contribution in [2.75, 3.05) is 27.3 Å². The third kappa shape index (κ3) is 4.29. The van der Waals surface area contributed by atoms with Crippen LogP contribution in [0.25, 0.3) is 0 Å². The van der Waals surface area contributed by atoms with E-state index in [4.69, 9.17) is 9.47 Å². The number of aryl methyl sites for hydroxylation is 1. The fourth-order valence-corrected chi connectivity index (χ4v) is 3.26. The van der Waals surface area contributed by atoms with Gasteiger partial charge in [-0.15, -0.1) is 0 Å². The number of likely N-dealkylation sites (tertiary alicyclic amines) is 1. The van der Waals surface area contributed by atoms with E-state index in [1.54, 1.807) is 20.4 Å². The molecule has 0 aliphatic carbocycles. The molecule has 0 N–H and O–H groups in total. The number of carbonyl (C=O) groups excluding carboxylic acids is 1. The third-order valence-corrected chi connectivity index (χ3v) is 4.71. The lowest BCUT2D eigenvalue weighted by molar-refractivity contribution is -0.130. The van der Waals surface area contributed by atoms with Gasteiger partial charge in [0.15, 0.2) is 0 Å². The van der Waals surface area contributed by atoms with E-state index in [-0.39, 0.29) is 5.91 Å². The van der Waals surface area contributed by atoms with Crippen LogP contribution < -0.4 is 9.47 Å². The molecule has 0 bridgehead atoms. The van der Waals surface area contributed by atoms with Crippen LogP contribution in [0.15, 0.2) is 42.6 Å². The minimum atomic E-state index is 0.197. The van der Waals surface area contributed by atoms with Gasteiger partial charge in [-0.3, -0.25) is 9.78 Å². The minimum absolute atomic E-state index is 0.197. The molecule has 1 aromatic heterocycles. The number of hydrogen-bond acceptors (Lipinski definition) is 4. The Morgan fingerprint density at radius 3 is 2.60 bits per heavy atom.